The number of nitrogens with zero attached hydrogens (tertiary/aromatic N) is 1. The molecule has 2 aliphatic heterocycles. The molecule has 0 spiro atoms. The van der Waals surface area contributed by atoms with E-state index in [0.29, 0.717) is 6.07 Å². The van der Waals surface area contributed by atoms with Crippen LogP contribution < -0.4 is 5.32 Å². The molecule has 1 amide bonds. The Morgan fingerprint density at radius 2 is 1.78 bits per heavy atom. The molecule has 2 fully saturated rings. The average Bonchev–Trinajstić information content (AvgIpc) is 3.23. The second-order valence-electron chi connectivity index (χ2n) is 7.99. The van der Waals surface area contributed by atoms with Crippen LogP contribution in [0.15, 0.2) is 36.4 Å². The minimum atomic E-state index is -4.65. The summed E-state index contributed by atoms with van der Waals surface area (Å²) in [5, 5.41) is 12.6. The van der Waals surface area contributed by atoms with Gasteiger partial charge in [-0.3, -0.25) is 4.79 Å². The number of halogens is 6. The van der Waals surface area contributed by atoms with Crippen LogP contribution in [0.5, 0.6) is 0 Å². The van der Waals surface area contributed by atoms with Crippen LogP contribution in [0.2, 0.25) is 0 Å². The number of pyridine rings is 1. The van der Waals surface area contributed by atoms with Gasteiger partial charge in [0.2, 0.25) is 5.91 Å². The zero-order chi connectivity index (χ0) is 23.4. The number of hydrogen-bond donors (Lipinski definition) is 2. The van der Waals surface area contributed by atoms with Crippen molar-refractivity contribution in [3.05, 3.63) is 58.8 Å². The average molecular weight is 460 g/mol. The van der Waals surface area contributed by atoms with E-state index in [1.807, 2.05) is 0 Å². The number of aliphatic hydroxyl groups is 1. The molecule has 4 rings (SSSR count). The highest BCUT2D eigenvalue weighted by molar-refractivity contribution is 5.93. The lowest BCUT2D eigenvalue weighted by Crippen LogP contribution is -2.41. The Hall–Kier alpha value is -2.66. The summed E-state index contributed by atoms with van der Waals surface area (Å²) in [6, 6.07) is 5.91. The Bertz CT molecular complexity index is 1040. The van der Waals surface area contributed by atoms with Crippen molar-refractivity contribution >= 4 is 11.7 Å². The number of benzene rings is 1. The van der Waals surface area contributed by atoms with Crippen LogP contribution >= 0.6 is 0 Å². The summed E-state index contributed by atoms with van der Waals surface area (Å²) in [7, 11) is 0. The van der Waals surface area contributed by atoms with Crippen LogP contribution in [-0.2, 0) is 21.9 Å². The molecule has 32 heavy (non-hydrogen) atoms. The molecular weight excluding hydrogens is 442 g/mol. The first-order chi connectivity index (χ1) is 14.8. The molecule has 2 N–H and O–H groups in total. The molecule has 0 saturated carbocycles. The van der Waals surface area contributed by atoms with E-state index in [2.05, 4.69) is 10.3 Å². The summed E-state index contributed by atoms with van der Waals surface area (Å²) in [4.78, 5) is 16.9. The monoisotopic (exact) mass is 460 g/mol. The standard InChI is InChI=1S/C21H18F6N2O3/c1-9-5-12(21(25,26)27)7-15(28-9)29-19(31)17-14-8-13(30)18(32-14)16(17)10-3-2-4-11(6-10)20(22,23)24/h2-7,13-14,16-18,30H,8H2,1H3,(H,28,29,31). The number of hydrogen-bond acceptors (Lipinski definition) is 4. The summed E-state index contributed by atoms with van der Waals surface area (Å²) in [5.74, 6) is -2.98. The smallest absolute Gasteiger partial charge is 0.390 e. The van der Waals surface area contributed by atoms with Crippen molar-refractivity contribution < 1.29 is 41.0 Å². The van der Waals surface area contributed by atoms with E-state index >= 15 is 0 Å². The predicted octanol–water partition coefficient (Wildman–Crippen LogP) is 4.30. The van der Waals surface area contributed by atoms with Crippen molar-refractivity contribution in [3.8, 4) is 0 Å². The summed E-state index contributed by atoms with van der Waals surface area (Å²) in [6.07, 6.45) is -11.8. The number of fused-ring (bicyclic) bond motifs is 2. The zero-order valence-electron chi connectivity index (χ0n) is 16.5. The molecule has 2 aromatic rings. The van der Waals surface area contributed by atoms with Gasteiger partial charge in [-0.25, -0.2) is 4.98 Å². The summed E-state index contributed by atoms with van der Waals surface area (Å²) < 4.78 is 84.4. The maximum absolute atomic E-state index is 13.2. The van der Waals surface area contributed by atoms with Crippen LogP contribution in [0.1, 0.15) is 34.7 Å². The maximum atomic E-state index is 13.2. The number of nitrogens with one attached hydrogen (secondary N) is 1. The van der Waals surface area contributed by atoms with Gasteiger partial charge in [0.05, 0.1) is 35.4 Å². The number of anilines is 1. The SMILES string of the molecule is Cc1cc(C(F)(F)F)cc(NC(=O)C2C3CC(O)C(O3)C2c2cccc(C(F)(F)F)c2)n1. The third-order valence-corrected chi connectivity index (χ3v) is 5.76. The minimum Gasteiger partial charge on any atom is -0.390 e. The number of aromatic nitrogens is 1. The number of amides is 1. The first kappa shape index (κ1) is 22.5. The van der Waals surface area contributed by atoms with Gasteiger partial charge in [0.25, 0.3) is 0 Å². The fraction of sp³-hybridized carbons (Fsp3) is 0.429. The van der Waals surface area contributed by atoms with Crippen LogP contribution in [0.25, 0.3) is 0 Å². The normalized spacial score (nSPS) is 27.6. The van der Waals surface area contributed by atoms with Crippen molar-refractivity contribution in [2.75, 3.05) is 5.32 Å². The molecular formula is C21H18F6N2O3. The lowest BCUT2D eigenvalue weighted by atomic mass is 9.73. The molecule has 11 heteroatoms. The number of alkyl halides is 6. The third-order valence-electron chi connectivity index (χ3n) is 5.76. The van der Waals surface area contributed by atoms with Gasteiger partial charge in [-0.2, -0.15) is 26.3 Å². The Morgan fingerprint density at radius 3 is 2.44 bits per heavy atom. The molecule has 2 saturated heterocycles. The van der Waals surface area contributed by atoms with Gasteiger partial charge in [0.15, 0.2) is 0 Å². The minimum absolute atomic E-state index is 0.0316. The second-order valence-corrected chi connectivity index (χ2v) is 7.99. The van der Waals surface area contributed by atoms with Gasteiger partial charge in [-0.15, -0.1) is 0 Å². The van der Waals surface area contributed by atoms with Gasteiger partial charge >= 0.3 is 12.4 Å². The summed E-state index contributed by atoms with van der Waals surface area (Å²) in [6.45, 7) is 1.34. The topological polar surface area (TPSA) is 71.5 Å². The van der Waals surface area contributed by atoms with E-state index in [-0.39, 0.29) is 23.5 Å². The predicted molar refractivity (Wildman–Crippen MR) is 99.6 cm³/mol. The number of aryl methyl sites for hydroxylation is 1. The van der Waals surface area contributed by atoms with Crippen molar-refractivity contribution in [2.45, 2.75) is 49.9 Å². The molecule has 172 valence electrons. The fourth-order valence-corrected chi connectivity index (χ4v) is 4.47. The molecule has 0 radical (unpaired) electrons. The lowest BCUT2D eigenvalue weighted by Gasteiger charge is -2.30. The molecule has 2 aliphatic rings. The molecule has 1 aromatic carbocycles. The van der Waals surface area contributed by atoms with Gasteiger partial charge in [-0.05, 0) is 30.7 Å². The van der Waals surface area contributed by atoms with Crippen molar-refractivity contribution in [2.24, 2.45) is 5.92 Å². The number of carbonyl (C=O) groups excluding carboxylic acids is 1. The number of aliphatic hydroxyl groups excluding tert-OH is 1. The molecule has 2 bridgehead atoms. The van der Waals surface area contributed by atoms with Crippen molar-refractivity contribution in [3.63, 3.8) is 0 Å². The molecule has 0 aliphatic carbocycles. The fourth-order valence-electron chi connectivity index (χ4n) is 4.47. The van der Waals surface area contributed by atoms with Gasteiger partial charge in [0.1, 0.15) is 5.82 Å². The molecule has 5 unspecified atom stereocenters. The summed E-state index contributed by atoms with van der Waals surface area (Å²) in [5.41, 5.74) is -1.72. The van der Waals surface area contributed by atoms with Crippen LogP contribution in [-0.4, -0.2) is 34.3 Å². The molecule has 3 heterocycles. The van der Waals surface area contributed by atoms with Crippen LogP contribution in [0.4, 0.5) is 32.2 Å². The van der Waals surface area contributed by atoms with E-state index in [9.17, 15) is 36.2 Å². The summed E-state index contributed by atoms with van der Waals surface area (Å²) >= 11 is 0. The van der Waals surface area contributed by atoms with Crippen molar-refractivity contribution in [1.29, 1.82) is 0 Å². The van der Waals surface area contributed by atoms with E-state index in [4.69, 9.17) is 4.74 Å². The van der Waals surface area contributed by atoms with Gasteiger partial charge < -0.3 is 15.2 Å². The van der Waals surface area contributed by atoms with E-state index in [1.165, 1.54) is 19.1 Å². The second kappa shape index (κ2) is 7.73. The van der Waals surface area contributed by atoms with Crippen molar-refractivity contribution in [1.82, 2.24) is 4.98 Å². The number of ether oxygens (including phenoxy) is 1. The number of rotatable bonds is 3. The van der Waals surface area contributed by atoms with E-state index < -0.39 is 59.5 Å². The van der Waals surface area contributed by atoms with Gasteiger partial charge in [0, 0.05) is 18.0 Å². The Kier molecular flexibility index (Phi) is 5.44. The highest BCUT2D eigenvalue weighted by Crippen LogP contribution is 2.50. The zero-order valence-corrected chi connectivity index (χ0v) is 16.5. The lowest BCUT2D eigenvalue weighted by molar-refractivity contribution is -0.138. The van der Waals surface area contributed by atoms with E-state index in [1.54, 1.807) is 0 Å². The first-order valence-electron chi connectivity index (χ1n) is 9.72. The Labute approximate surface area is 178 Å². The molecule has 1 aromatic heterocycles. The highest BCUT2D eigenvalue weighted by Gasteiger charge is 2.57. The number of carbonyl (C=O) groups is 1. The highest BCUT2D eigenvalue weighted by atomic mass is 19.4. The first-order valence-corrected chi connectivity index (χ1v) is 9.72. The third kappa shape index (κ3) is 4.18. The molecule has 5 nitrogen and oxygen atoms in total. The van der Waals surface area contributed by atoms with Crippen LogP contribution in [0, 0.1) is 12.8 Å². The molecule has 5 atom stereocenters. The Balaban J connectivity index is 1.65. The Morgan fingerprint density at radius 1 is 1.09 bits per heavy atom. The van der Waals surface area contributed by atoms with Crippen LogP contribution in [0.3, 0.4) is 0 Å². The van der Waals surface area contributed by atoms with Gasteiger partial charge in [-0.1, -0.05) is 18.2 Å². The maximum Gasteiger partial charge on any atom is 0.416 e. The van der Waals surface area contributed by atoms with E-state index in [0.717, 1.165) is 18.2 Å². The largest absolute Gasteiger partial charge is 0.416 e. The quantitative estimate of drug-likeness (QED) is 0.671.